The lowest BCUT2D eigenvalue weighted by Gasteiger charge is -2.22. The molecule has 0 amide bonds. The molecule has 0 atom stereocenters. The molecule has 0 unspecified atom stereocenters. The lowest BCUT2D eigenvalue weighted by atomic mass is 9.97. The van der Waals surface area contributed by atoms with E-state index in [9.17, 15) is 9.59 Å². The lowest BCUT2D eigenvalue weighted by Crippen LogP contribution is -2.22. The summed E-state index contributed by atoms with van der Waals surface area (Å²) in [7, 11) is 3.06. The third-order valence-electron chi connectivity index (χ3n) is 4.18. The smallest absolute Gasteiger partial charge is 0.193 e. The van der Waals surface area contributed by atoms with Crippen LogP contribution in [0.1, 0.15) is 40.1 Å². The predicted molar refractivity (Wildman–Crippen MR) is 98.4 cm³/mol. The zero-order valence-corrected chi connectivity index (χ0v) is 15.0. The van der Waals surface area contributed by atoms with Crippen molar-refractivity contribution in [1.82, 2.24) is 0 Å². The molecule has 132 valence electrons. The summed E-state index contributed by atoms with van der Waals surface area (Å²) in [6, 6.07) is 10.3. The number of aldehydes is 1. The molecule has 0 radical (unpaired) electrons. The minimum Gasteiger partial charge on any atom is -0.493 e. The van der Waals surface area contributed by atoms with Crippen molar-refractivity contribution in [2.45, 2.75) is 13.8 Å². The second kappa shape index (κ2) is 8.33. The highest BCUT2D eigenvalue weighted by Gasteiger charge is 2.17. The summed E-state index contributed by atoms with van der Waals surface area (Å²) in [5, 5.41) is 0. The average Bonchev–Trinajstić information content (AvgIpc) is 2.67. The van der Waals surface area contributed by atoms with E-state index in [1.54, 1.807) is 30.3 Å². The van der Waals surface area contributed by atoms with Crippen molar-refractivity contribution in [1.29, 1.82) is 0 Å². The van der Waals surface area contributed by atoms with Gasteiger partial charge in [0, 0.05) is 35.5 Å². The number of rotatable bonds is 8. The number of benzene rings is 2. The molecule has 5 heteroatoms. The Bertz CT molecular complexity index is 766. The molecule has 0 aliphatic heterocycles. The first-order valence-corrected chi connectivity index (χ1v) is 8.20. The Balaban J connectivity index is 2.50. The third kappa shape index (κ3) is 3.82. The highest BCUT2D eigenvalue weighted by atomic mass is 16.5. The number of carbonyl (C=O) groups is 2. The molecule has 0 saturated heterocycles. The number of hydrogen-bond acceptors (Lipinski definition) is 5. The molecule has 25 heavy (non-hydrogen) atoms. The summed E-state index contributed by atoms with van der Waals surface area (Å²) in [6.07, 6.45) is 0.708. The van der Waals surface area contributed by atoms with Crippen molar-refractivity contribution < 1.29 is 19.1 Å². The minimum absolute atomic E-state index is 0.225. The average molecular weight is 341 g/mol. The number of ether oxygens (including phenoxy) is 2. The minimum atomic E-state index is -0.225. The van der Waals surface area contributed by atoms with Gasteiger partial charge >= 0.3 is 0 Å². The lowest BCUT2D eigenvalue weighted by molar-refractivity contribution is 0.102. The maximum Gasteiger partial charge on any atom is 0.193 e. The van der Waals surface area contributed by atoms with Gasteiger partial charge in [-0.25, -0.2) is 0 Å². The van der Waals surface area contributed by atoms with Crippen molar-refractivity contribution >= 4 is 17.8 Å². The molecule has 0 heterocycles. The van der Waals surface area contributed by atoms with Crippen LogP contribution in [-0.2, 0) is 0 Å². The first kappa shape index (κ1) is 18.5. The van der Waals surface area contributed by atoms with Gasteiger partial charge in [0.25, 0.3) is 0 Å². The van der Waals surface area contributed by atoms with E-state index >= 15 is 0 Å². The summed E-state index contributed by atoms with van der Waals surface area (Å²) in [5.41, 5.74) is 2.11. The molecule has 2 rings (SSSR count). The van der Waals surface area contributed by atoms with Crippen molar-refractivity contribution in [3.8, 4) is 11.5 Å². The normalized spacial score (nSPS) is 10.2. The maximum atomic E-state index is 13.0. The monoisotopic (exact) mass is 341 g/mol. The van der Waals surface area contributed by atoms with Crippen molar-refractivity contribution in [3.63, 3.8) is 0 Å². The molecule has 0 saturated carbocycles. The molecule has 0 spiro atoms. The molecular weight excluding hydrogens is 318 g/mol. The van der Waals surface area contributed by atoms with Gasteiger partial charge in [-0.1, -0.05) is 0 Å². The predicted octanol–water partition coefficient (Wildman–Crippen LogP) is 3.59. The van der Waals surface area contributed by atoms with Crippen LogP contribution < -0.4 is 14.4 Å². The van der Waals surface area contributed by atoms with E-state index in [0.29, 0.717) is 34.5 Å². The first-order chi connectivity index (χ1) is 12.1. The summed E-state index contributed by atoms with van der Waals surface area (Å²) < 4.78 is 10.5. The Hall–Kier alpha value is -2.82. The number of nitrogens with zero attached hydrogens (tertiary/aromatic N) is 1. The van der Waals surface area contributed by atoms with Crippen molar-refractivity contribution in [2.24, 2.45) is 0 Å². The van der Waals surface area contributed by atoms with Gasteiger partial charge < -0.3 is 14.4 Å². The van der Waals surface area contributed by atoms with Gasteiger partial charge in [-0.3, -0.25) is 9.59 Å². The largest absolute Gasteiger partial charge is 0.493 e. The van der Waals surface area contributed by atoms with Crippen LogP contribution in [-0.4, -0.2) is 39.4 Å². The van der Waals surface area contributed by atoms with Crippen LogP contribution in [0.3, 0.4) is 0 Å². The Morgan fingerprint density at radius 1 is 1.00 bits per heavy atom. The number of methoxy groups -OCH3 is 2. The van der Waals surface area contributed by atoms with Crippen LogP contribution >= 0.6 is 0 Å². The molecule has 0 aromatic heterocycles. The number of ketones is 1. The molecular formula is C20H23NO4. The highest BCUT2D eigenvalue weighted by molar-refractivity contribution is 6.13. The van der Waals surface area contributed by atoms with Gasteiger partial charge in [0.1, 0.15) is 0 Å². The van der Waals surface area contributed by atoms with Crippen molar-refractivity contribution in [2.75, 3.05) is 32.2 Å². The van der Waals surface area contributed by atoms with Crippen LogP contribution in [0.25, 0.3) is 0 Å². The molecule has 0 aliphatic rings. The molecule has 0 fully saturated rings. The first-order valence-electron chi connectivity index (χ1n) is 8.20. The Kier molecular flexibility index (Phi) is 6.17. The quantitative estimate of drug-likeness (QED) is 0.542. The van der Waals surface area contributed by atoms with Gasteiger partial charge in [-0.15, -0.1) is 0 Å². The maximum absolute atomic E-state index is 13.0. The Labute approximate surface area is 148 Å². The van der Waals surface area contributed by atoms with Crippen LogP contribution in [0.2, 0.25) is 0 Å². The summed E-state index contributed by atoms with van der Waals surface area (Å²) >= 11 is 0. The van der Waals surface area contributed by atoms with Gasteiger partial charge in [0.2, 0.25) is 0 Å². The van der Waals surface area contributed by atoms with Gasteiger partial charge in [-0.05, 0) is 50.2 Å². The summed E-state index contributed by atoms with van der Waals surface area (Å²) in [6.45, 7) is 5.74. The van der Waals surface area contributed by atoms with Gasteiger partial charge in [-0.2, -0.15) is 0 Å². The number of anilines is 1. The molecule has 0 aliphatic carbocycles. The van der Waals surface area contributed by atoms with Gasteiger partial charge in [0.05, 0.1) is 14.2 Å². The van der Waals surface area contributed by atoms with Crippen LogP contribution in [0.4, 0.5) is 5.69 Å². The fraction of sp³-hybridized carbons (Fsp3) is 0.300. The van der Waals surface area contributed by atoms with E-state index in [1.807, 2.05) is 19.9 Å². The standard InChI is InChI=1S/C20H23NO4/c1-5-21(6-2)16-9-7-15(13-22)17(12-16)20(23)14-8-10-18(24-3)19(11-14)25-4/h7-13H,5-6H2,1-4H3. The van der Waals surface area contributed by atoms with E-state index in [2.05, 4.69) is 4.90 Å². The van der Waals surface area contributed by atoms with Crippen molar-refractivity contribution in [3.05, 3.63) is 53.1 Å². The Morgan fingerprint density at radius 2 is 1.68 bits per heavy atom. The summed E-state index contributed by atoms with van der Waals surface area (Å²) in [5.74, 6) is 0.796. The highest BCUT2D eigenvalue weighted by Crippen LogP contribution is 2.29. The van der Waals surface area contributed by atoms with E-state index in [1.165, 1.54) is 14.2 Å². The molecule has 0 N–H and O–H groups in total. The van der Waals surface area contributed by atoms with Crippen LogP contribution in [0.15, 0.2) is 36.4 Å². The fourth-order valence-corrected chi connectivity index (χ4v) is 2.76. The van der Waals surface area contributed by atoms with Crippen LogP contribution in [0.5, 0.6) is 11.5 Å². The SMILES string of the molecule is CCN(CC)c1ccc(C=O)c(C(=O)c2ccc(OC)c(OC)c2)c1. The van der Waals surface area contributed by atoms with E-state index < -0.39 is 0 Å². The van der Waals surface area contributed by atoms with Crippen LogP contribution in [0, 0.1) is 0 Å². The molecule has 2 aromatic carbocycles. The van der Waals surface area contributed by atoms with E-state index in [-0.39, 0.29) is 5.78 Å². The number of hydrogen-bond donors (Lipinski definition) is 0. The molecule has 0 bridgehead atoms. The summed E-state index contributed by atoms with van der Waals surface area (Å²) in [4.78, 5) is 26.5. The Morgan fingerprint density at radius 3 is 2.24 bits per heavy atom. The van der Waals surface area contributed by atoms with Gasteiger partial charge in [0.15, 0.2) is 23.6 Å². The van der Waals surface area contributed by atoms with E-state index in [0.717, 1.165) is 18.8 Å². The second-order valence-electron chi connectivity index (χ2n) is 5.46. The van der Waals surface area contributed by atoms with E-state index in [4.69, 9.17) is 9.47 Å². The molecule has 2 aromatic rings. The molecule has 5 nitrogen and oxygen atoms in total. The fourth-order valence-electron chi connectivity index (χ4n) is 2.76. The zero-order chi connectivity index (χ0) is 18.4. The topological polar surface area (TPSA) is 55.8 Å². The second-order valence-corrected chi connectivity index (χ2v) is 5.46. The number of carbonyl (C=O) groups excluding carboxylic acids is 2. The zero-order valence-electron chi connectivity index (χ0n) is 15.0. The third-order valence-corrected chi connectivity index (χ3v) is 4.18.